The van der Waals surface area contributed by atoms with E-state index in [-0.39, 0.29) is 11.9 Å². The van der Waals surface area contributed by atoms with Crippen molar-refractivity contribution in [1.82, 2.24) is 9.80 Å². The normalized spacial score (nSPS) is 22.9. The minimum atomic E-state index is -0.323. The molecule has 2 fully saturated rings. The van der Waals surface area contributed by atoms with Crippen LogP contribution in [0.5, 0.6) is 0 Å². The molecule has 2 aliphatic heterocycles. The van der Waals surface area contributed by atoms with Gasteiger partial charge in [0.1, 0.15) is 5.82 Å². The Kier molecular flexibility index (Phi) is 6.25. The highest BCUT2D eigenvalue weighted by Gasteiger charge is 2.29. The molecule has 1 N–H and O–H groups in total. The summed E-state index contributed by atoms with van der Waals surface area (Å²) < 4.78 is 14.1. The third kappa shape index (κ3) is 4.72. The Morgan fingerprint density at radius 3 is 2.32 bits per heavy atom. The van der Waals surface area contributed by atoms with Gasteiger partial charge in [-0.2, -0.15) is 0 Å². The van der Waals surface area contributed by atoms with E-state index in [1.54, 1.807) is 6.07 Å². The molecule has 0 bridgehead atoms. The Morgan fingerprint density at radius 1 is 0.857 bits per heavy atom. The quantitative estimate of drug-likeness (QED) is 0.879. The van der Waals surface area contributed by atoms with E-state index in [9.17, 15) is 9.50 Å². The molecule has 4 rings (SSSR count). The molecule has 0 aliphatic carbocycles. The number of β-amino-alcohol motifs (C(OH)–C–C–N with tert-alkyl or cyclic N) is 1. The van der Waals surface area contributed by atoms with Gasteiger partial charge in [-0.3, -0.25) is 9.80 Å². The van der Waals surface area contributed by atoms with Crippen LogP contribution in [-0.4, -0.2) is 66.3 Å². The number of aliphatic hydroxyl groups is 1. The minimum absolute atomic E-state index is 0.136. The number of nitrogens with zero attached hydrogens (tertiary/aromatic N) is 3. The zero-order valence-electron chi connectivity index (χ0n) is 16.4. The topological polar surface area (TPSA) is 30.0 Å². The van der Waals surface area contributed by atoms with Crippen molar-refractivity contribution in [1.29, 1.82) is 0 Å². The Morgan fingerprint density at radius 2 is 1.57 bits per heavy atom. The van der Waals surface area contributed by atoms with Gasteiger partial charge in [-0.25, -0.2) is 4.39 Å². The second kappa shape index (κ2) is 9.03. The van der Waals surface area contributed by atoms with Crippen molar-refractivity contribution in [2.24, 2.45) is 0 Å². The Labute approximate surface area is 167 Å². The van der Waals surface area contributed by atoms with Gasteiger partial charge in [0.2, 0.25) is 0 Å². The van der Waals surface area contributed by atoms with Crippen LogP contribution in [0.1, 0.15) is 18.4 Å². The van der Waals surface area contributed by atoms with Crippen molar-refractivity contribution in [3.63, 3.8) is 0 Å². The Balaban J connectivity index is 1.32. The third-order valence-corrected chi connectivity index (χ3v) is 6.04. The molecule has 1 atom stereocenters. The number of hydrogen-bond donors (Lipinski definition) is 1. The van der Waals surface area contributed by atoms with Crippen LogP contribution in [0.2, 0.25) is 0 Å². The summed E-state index contributed by atoms with van der Waals surface area (Å²) in [5, 5.41) is 10.6. The number of aliphatic hydroxyl groups excluding tert-OH is 1. The predicted molar refractivity (Wildman–Crippen MR) is 111 cm³/mol. The zero-order chi connectivity index (χ0) is 19.3. The van der Waals surface area contributed by atoms with E-state index in [4.69, 9.17) is 0 Å². The fourth-order valence-corrected chi connectivity index (χ4v) is 4.58. The number of para-hydroxylation sites is 1. The maximum Gasteiger partial charge on any atom is 0.146 e. The summed E-state index contributed by atoms with van der Waals surface area (Å²) in [6.07, 6.45) is 1.70. The Bertz CT molecular complexity index is 749. The summed E-state index contributed by atoms with van der Waals surface area (Å²) in [7, 11) is 0. The van der Waals surface area contributed by atoms with Crippen LogP contribution >= 0.6 is 0 Å². The van der Waals surface area contributed by atoms with Crippen molar-refractivity contribution < 1.29 is 9.50 Å². The van der Waals surface area contributed by atoms with Crippen LogP contribution in [0.4, 0.5) is 10.1 Å². The fourth-order valence-electron chi connectivity index (χ4n) is 4.58. The summed E-state index contributed by atoms with van der Waals surface area (Å²) >= 11 is 0. The average molecular weight is 384 g/mol. The summed E-state index contributed by atoms with van der Waals surface area (Å²) in [4.78, 5) is 6.96. The molecule has 2 heterocycles. The van der Waals surface area contributed by atoms with Crippen molar-refractivity contribution >= 4 is 5.69 Å². The second-order valence-corrected chi connectivity index (χ2v) is 8.04. The number of hydrogen-bond acceptors (Lipinski definition) is 4. The van der Waals surface area contributed by atoms with Crippen molar-refractivity contribution in [3.8, 4) is 0 Å². The average Bonchev–Trinajstić information content (AvgIpc) is 2.90. The van der Waals surface area contributed by atoms with Gasteiger partial charge in [0.15, 0.2) is 0 Å². The monoisotopic (exact) mass is 383 g/mol. The second-order valence-electron chi connectivity index (χ2n) is 8.04. The lowest BCUT2D eigenvalue weighted by Crippen LogP contribution is -2.47. The van der Waals surface area contributed by atoms with Crippen molar-refractivity contribution in [3.05, 3.63) is 66.0 Å². The number of benzene rings is 2. The molecule has 2 aromatic rings. The van der Waals surface area contributed by atoms with Gasteiger partial charge < -0.3 is 10.0 Å². The van der Waals surface area contributed by atoms with Crippen molar-refractivity contribution in [2.45, 2.75) is 31.5 Å². The highest BCUT2D eigenvalue weighted by molar-refractivity contribution is 5.47. The molecule has 0 saturated carbocycles. The maximum atomic E-state index is 14.1. The van der Waals surface area contributed by atoms with E-state index in [1.807, 2.05) is 18.2 Å². The highest BCUT2D eigenvalue weighted by Crippen LogP contribution is 2.25. The molecular weight excluding hydrogens is 353 g/mol. The van der Waals surface area contributed by atoms with Crippen LogP contribution in [0.25, 0.3) is 0 Å². The first-order valence-electron chi connectivity index (χ1n) is 10.4. The molecule has 2 aromatic carbocycles. The third-order valence-electron chi connectivity index (χ3n) is 6.04. The SMILES string of the molecule is O[C@H]1CN(Cc2ccccc2)CCN(C2CCN(c3ccccc3F)CC2)C1. The van der Waals surface area contributed by atoms with Gasteiger partial charge in [-0.15, -0.1) is 0 Å². The van der Waals surface area contributed by atoms with Crippen LogP contribution in [0, 0.1) is 5.82 Å². The van der Waals surface area contributed by atoms with Gasteiger partial charge in [0.25, 0.3) is 0 Å². The molecule has 5 heteroatoms. The lowest BCUT2D eigenvalue weighted by atomic mass is 10.0. The minimum Gasteiger partial charge on any atom is -0.390 e. The van der Waals surface area contributed by atoms with Crippen LogP contribution in [0.3, 0.4) is 0 Å². The molecule has 150 valence electrons. The smallest absolute Gasteiger partial charge is 0.146 e. The van der Waals surface area contributed by atoms with Gasteiger partial charge in [-0.05, 0) is 30.5 Å². The highest BCUT2D eigenvalue weighted by atomic mass is 19.1. The van der Waals surface area contributed by atoms with Crippen molar-refractivity contribution in [2.75, 3.05) is 44.2 Å². The van der Waals surface area contributed by atoms with E-state index in [1.165, 1.54) is 11.6 Å². The predicted octanol–water partition coefficient (Wildman–Crippen LogP) is 2.97. The summed E-state index contributed by atoms with van der Waals surface area (Å²) in [5.74, 6) is -0.136. The first kappa shape index (κ1) is 19.4. The molecule has 0 aromatic heterocycles. The maximum absolute atomic E-state index is 14.1. The lowest BCUT2D eigenvalue weighted by Gasteiger charge is -2.39. The lowest BCUT2D eigenvalue weighted by molar-refractivity contribution is 0.0871. The molecule has 0 unspecified atom stereocenters. The standard InChI is InChI=1S/C23H30FN3O/c24-22-8-4-5-9-23(22)26-12-10-20(11-13-26)27-15-14-25(17-21(28)18-27)16-19-6-2-1-3-7-19/h1-9,20-21,28H,10-18H2/t21-/m0/s1. The van der Waals surface area contributed by atoms with E-state index < -0.39 is 0 Å². The molecular formula is C23H30FN3O. The van der Waals surface area contributed by atoms with Gasteiger partial charge in [-0.1, -0.05) is 42.5 Å². The van der Waals surface area contributed by atoms with Crippen LogP contribution in [-0.2, 0) is 6.54 Å². The zero-order valence-corrected chi connectivity index (χ0v) is 16.4. The van der Waals surface area contributed by atoms with Crippen LogP contribution in [0.15, 0.2) is 54.6 Å². The van der Waals surface area contributed by atoms with E-state index in [0.29, 0.717) is 11.7 Å². The molecule has 4 nitrogen and oxygen atoms in total. The molecule has 2 aliphatic rings. The first-order valence-corrected chi connectivity index (χ1v) is 10.4. The first-order chi connectivity index (χ1) is 13.7. The summed E-state index contributed by atoms with van der Waals surface area (Å²) in [5.41, 5.74) is 2.01. The van der Waals surface area contributed by atoms with E-state index in [0.717, 1.165) is 58.7 Å². The molecule has 28 heavy (non-hydrogen) atoms. The van der Waals surface area contributed by atoms with Gasteiger partial charge >= 0.3 is 0 Å². The number of piperidine rings is 1. The summed E-state index contributed by atoms with van der Waals surface area (Å²) in [6, 6.07) is 18.0. The van der Waals surface area contributed by atoms with Crippen LogP contribution < -0.4 is 4.90 Å². The number of rotatable bonds is 4. The molecule has 0 radical (unpaired) electrons. The Hall–Kier alpha value is -1.95. The van der Waals surface area contributed by atoms with Gasteiger partial charge in [0.05, 0.1) is 11.8 Å². The largest absolute Gasteiger partial charge is 0.390 e. The molecule has 0 spiro atoms. The summed E-state index contributed by atoms with van der Waals surface area (Å²) in [6.45, 7) is 6.03. The molecule has 0 amide bonds. The molecule has 2 saturated heterocycles. The van der Waals surface area contributed by atoms with E-state index in [2.05, 4.69) is 39.0 Å². The van der Waals surface area contributed by atoms with Gasteiger partial charge in [0, 0.05) is 51.9 Å². The number of anilines is 1. The number of halogens is 1. The van der Waals surface area contributed by atoms with E-state index >= 15 is 0 Å². The fraction of sp³-hybridized carbons (Fsp3) is 0.478.